The van der Waals surface area contributed by atoms with E-state index in [2.05, 4.69) is 40.2 Å². The Morgan fingerprint density at radius 3 is 2.25 bits per heavy atom. The normalized spacial score (nSPS) is 15.0. The van der Waals surface area contributed by atoms with Crippen molar-refractivity contribution in [3.8, 4) is 0 Å². The van der Waals surface area contributed by atoms with Crippen molar-refractivity contribution in [2.45, 2.75) is 19.6 Å². The van der Waals surface area contributed by atoms with Gasteiger partial charge in [0.2, 0.25) is 0 Å². The summed E-state index contributed by atoms with van der Waals surface area (Å²) >= 11 is 0. The second-order valence-corrected chi connectivity index (χ2v) is 4.23. The van der Waals surface area contributed by atoms with E-state index < -0.39 is 0 Å². The third kappa shape index (κ3) is 1.84. The summed E-state index contributed by atoms with van der Waals surface area (Å²) in [7, 11) is 0. The molecule has 1 aliphatic heterocycles. The molecule has 2 heteroatoms. The summed E-state index contributed by atoms with van der Waals surface area (Å²) in [6.45, 7) is 3.04. The first-order valence-corrected chi connectivity index (χ1v) is 5.61. The number of rotatable bonds is 2. The number of nitrogens with zero attached hydrogens (tertiary/aromatic N) is 2. The number of hydrogen-bond acceptors (Lipinski definition) is 2. The molecule has 0 fully saturated rings. The average molecular weight is 210 g/mol. The first kappa shape index (κ1) is 9.55. The van der Waals surface area contributed by atoms with E-state index >= 15 is 0 Å². The Balaban J connectivity index is 1.73. The number of benzene rings is 1. The largest absolute Gasteiger partial charge is 0.289 e. The average Bonchev–Trinajstić information content (AvgIpc) is 2.72. The molecule has 1 aromatic carbocycles. The third-order valence-corrected chi connectivity index (χ3v) is 3.02. The van der Waals surface area contributed by atoms with Gasteiger partial charge in [0, 0.05) is 25.8 Å². The van der Waals surface area contributed by atoms with Crippen LogP contribution in [0, 0.1) is 0 Å². The molecule has 0 amide bonds. The molecule has 2 aromatic rings. The van der Waals surface area contributed by atoms with Crippen LogP contribution in [0.25, 0.3) is 0 Å². The quantitative estimate of drug-likeness (QED) is 0.757. The van der Waals surface area contributed by atoms with Gasteiger partial charge < -0.3 is 0 Å². The van der Waals surface area contributed by atoms with Crippen LogP contribution >= 0.6 is 0 Å². The van der Waals surface area contributed by atoms with Gasteiger partial charge in [-0.25, -0.2) is 0 Å². The molecule has 16 heavy (non-hydrogen) atoms. The molecule has 1 aromatic heterocycles. The Kier molecular flexibility index (Phi) is 2.43. The lowest BCUT2D eigenvalue weighted by atomic mass is 10.1. The Morgan fingerprint density at radius 2 is 1.62 bits per heavy atom. The number of pyridine rings is 1. The molecule has 0 aliphatic carbocycles. The molecule has 0 spiro atoms. The van der Waals surface area contributed by atoms with Crippen molar-refractivity contribution in [1.82, 2.24) is 9.88 Å². The first-order valence-electron chi connectivity index (χ1n) is 5.61. The highest BCUT2D eigenvalue weighted by molar-refractivity contribution is 5.30. The van der Waals surface area contributed by atoms with E-state index in [1.54, 1.807) is 0 Å². The van der Waals surface area contributed by atoms with Crippen LogP contribution in [0.4, 0.5) is 0 Å². The maximum atomic E-state index is 4.36. The van der Waals surface area contributed by atoms with Crippen molar-refractivity contribution in [3.05, 3.63) is 65.5 Å². The molecular formula is C14H14N2. The van der Waals surface area contributed by atoms with Gasteiger partial charge in [0.15, 0.2) is 0 Å². The molecule has 0 unspecified atom stereocenters. The summed E-state index contributed by atoms with van der Waals surface area (Å²) in [5, 5.41) is 0. The van der Waals surface area contributed by atoms with E-state index in [4.69, 9.17) is 0 Å². The molecular weight excluding hydrogens is 196 g/mol. The van der Waals surface area contributed by atoms with Crippen molar-refractivity contribution >= 4 is 0 Å². The standard InChI is InChI=1S/C14H14N2/c1-2-6-13-10-16(9-12(13)5-1)11-14-7-3-4-8-15-14/h1-8H,9-11H2. The second kappa shape index (κ2) is 4.06. The maximum absolute atomic E-state index is 4.36. The van der Waals surface area contributed by atoms with E-state index in [9.17, 15) is 0 Å². The summed E-state index contributed by atoms with van der Waals surface area (Å²) in [5.41, 5.74) is 4.06. The molecule has 80 valence electrons. The number of hydrogen-bond donors (Lipinski definition) is 0. The van der Waals surface area contributed by atoms with Crippen LogP contribution in [-0.2, 0) is 19.6 Å². The Labute approximate surface area is 95.6 Å². The van der Waals surface area contributed by atoms with Crippen LogP contribution in [0.15, 0.2) is 48.7 Å². The minimum atomic E-state index is 0.940. The van der Waals surface area contributed by atoms with Crippen LogP contribution in [0.1, 0.15) is 16.8 Å². The summed E-state index contributed by atoms with van der Waals surface area (Å²) in [6.07, 6.45) is 1.86. The summed E-state index contributed by atoms with van der Waals surface area (Å²) in [6, 6.07) is 14.8. The van der Waals surface area contributed by atoms with Crippen molar-refractivity contribution in [3.63, 3.8) is 0 Å². The lowest BCUT2D eigenvalue weighted by molar-refractivity contribution is 0.272. The number of fused-ring (bicyclic) bond motifs is 1. The zero-order chi connectivity index (χ0) is 10.8. The van der Waals surface area contributed by atoms with Gasteiger partial charge in [-0.15, -0.1) is 0 Å². The van der Waals surface area contributed by atoms with Gasteiger partial charge in [0.25, 0.3) is 0 Å². The number of aromatic nitrogens is 1. The molecule has 0 N–H and O–H groups in total. The lowest BCUT2D eigenvalue weighted by Gasteiger charge is -2.13. The third-order valence-electron chi connectivity index (χ3n) is 3.02. The highest BCUT2D eigenvalue weighted by Crippen LogP contribution is 2.23. The molecule has 2 nitrogen and oxygen atoms in total. The molecule has 1 aliphatic rings. The predicted molar refractivity (Wildman–Crippen MR) is 63.6 cm³/mol. The van der Waals surface area contributed by atoms with Gasteiger partial charge in [-0.3, -0.25) is 9.88 Å². The van der Waals surface area contributed by atoms with Crippen molar-refractivity contribution < 1.29 is 0 Å². The molecule has 0 saturated heterocycles. The highest BCUT2D eigenvalue weighted by Gasteiger charge is 2.18. The van der Waals surface area contributed by atoms with Crippen LogP contribution in [0.3, 0.4) is 0 Å². The van der Waals surface area contributed by atoms with Crippen molar-refractivity contribution in [2.75, 3.05) is 0 Å². The molecule has 2 heterocycles. The molecule has 0 saturated carbocycles. The molecule has 3 rings (SSSR count). The van der Waals surface area contributed by atoms with E-state index in [-0.39, 0.29) is 0 Å². The summed E-state index contributed by atoms with van der Waals surface area (Å²) in [5.74, 6) is 0. The van der Waals surface area contributed by atoms with E-state index in [1.165, 1.54) is 11.1 Å². The van der Waals surface area contributed by atoms with Crippen LogP contribution in [0.5, 0.6) is 0 Å². The van der Waals surface area contributed by atoms with Gasteiger partial charge in [-0.1, -0.05) is 30.3 Å². The topological polar surface area (TPSA) is 16.1 Å². The Morgan fingerprint density at radius 1 is 0.938 bits per heavy atom. The van der Waals surface area contributed by atoms with E-state index in [1.807, 2.05) is 18.3 Å². The zero-order valence-electron chi connectivity index (χ0n) is 9.13. The van der Waals surface area contributed by atoms with Gasteiger partial charge in [-0.05, 0) is 23.3 Å². The Bertz CT molecular complexity index is 454. The summed E-state index contributed by atoms with van der Waals surface area (Å²) < 4.78 is 0. The lowest BCUT2D eigenvalue weighted by Crippen LogP contribution is -2.16. The van der Waals surface area contributed by atoms with Crippen LogP contribution in [-0.4, -0.2) is 9.88 Å². The van der Waals surface area contributed by atoms with Gasteiger partial charge >= 0.3 is 0 Å². The molecule has 0 bridgehead atoms. The smallest absolute Gasteiger partial charge is 0.0544 e. The minimum Gasteiger partial charge on any atom is -0.289 e. The van der Waals surface area contributed by atoms with Gasteiger partial charge in [0.1, 0.15) is 0 Å². The van der Waals surface area contributed by atoms with Gasteiger partial charge in [-0.2, -0.15) is 0 Å². The SMILES string of the molecule is c1ccc(CN2Cc3ccccc3C2)nc1. The predicted octanol–water partition coefficient (Wildman–Crippen LogP) is 2.60. The first-order chi connectivity index (χ1) is 7.92. The van der Waals surface area contributed by atoms with Crippen molar-refractivity contribution in [2.24, 2.45) is 0 Å². The maximum Gasteiger partial charge on any atom is 0.0544 e. The van der Waals surface area contributed by atoms with Gasteiger partial charge in [0.05, 0.1) is 5.69 Å². The highest BCUT2D eigenvalue weighted by atomic mass is 15.1. The van der Waals surface area contributed by atoms with Crippen molar-refractivity contribution in [1.29, 1.82) is 0 Å². The Hall–Kier alpha value is -1.67. The van der Waals surface area contributed by atoms with Crippen LogP contribution in [0.2, 0.25) is 0 Å². The zero-order valence-corrected chi connectivity index (χ0v) is 9.13. The minimum absolute atomic E-state index is 0.940. The monoisotopic (exact) mass is 210 g/mol. The second-order valence-electron chi connectivity index (χ2n) is 4.23. The fraction of sp³-hybridized carbons (Fsp3) is 0.214. The molecule has 0 atom stereocenters. The summed E-state index contributed by atoms with van der Waals surface area (Å²) in [4.78, 5) is 6.79. The van der Waals surface area contributed by atoms with Crippen LogP contribution < -0.4 is 0 Å². The fourth-order valence-corrected chi connectivity index (χ4v) is 2.24. The van der Waals surface area contributed by atoms with E-state index in [0.29, 0.717) is 0 Å². The fourth-order valence-electron chi connectivity index (χ4n) is 2.24. The van der Waals surface area contributed by atoms with E-state index in [0.717, 1.165) is 25.3 Å². The molecule has 0 radical (unpaired) electrons.